The van der Waals surface area contributed by atoms with E-state index in [0.717, 1.165) is 68.3 Å². The predicted molar refractivity (Wildman–Crippen MR) is 106 cm³/mol. The summed E-state index contributed by atoms with van der Waals surface area (Å²) in [6.07, 6.45) is 4.48. The smallest absolute Gasteiger partial charge is 0.119 e. The Bertz CT molecular complexity index is 582. The Kier molecular flexibility index (Phi) is 8.53. The van der Waals surface area contributed by atoms with E-state index in [1.165, 1.54) is 0 Å². The molecule has 0 heterocycles. The molecule has 4 heteroatoms. The molecule has 0 aromatic heterocycles. The Morgan fingerprint density at radius 3 is 1.60 bits per heavy atom. The van der Waals surface area contributed by atoms with Crippen LogP contribution >= 0.6 is 0 Å². The maximum Gasteiger partial charge on any atom is 0.119 e. The highest BCUT2D eigenvalue weighted by Gasteiger charge is 1.97. The Morgan fingerprint density at radius 2 is 1.16 bits per heavy atom. The Hall–Kier alpha value is -2.36. The lowest BCUT2D eigenvalue weighted by molar-refractivity contribution is 0.287. The second-order valence-electron chi connectivity index (χ2n) is 5.94. The average Bonchev–Trinajstić information content (AvgIpc) is 2.66. The van der Waals surface area contributed by atoms with Crippen molar-refractivity contribution >= 4 is 11.4 Å². The molecule has 0 saturated heterocycles. The molecule has 0 fully saturated rings. The number of ether oxygens (including phenoxy) is 2. The van der Waals surface area contributed by atoms with Gasteiger partial charge in [0.1, 0.15) is 11.5 Å². The molecule has 0 radical (unpaired) electrons. The minimum Gasteiger partial charge on any atom is -0.494 e. The number of nitrogens with one attached hydrogen (secondary N) is 2. The van der Waals surface area contributed by atoms with E-state index in [1.54, 1.807) is 0 Å². The first-order chi connectivity index (χ1) is 12.3. The van der Waals surface area contributed by atoms with Gasteiger partial charge in [0.15, 0.2) is 0 Å². The zero-order valence-electron chi connectivity index (χ0n) is 15.4. The van der Waals surface area contributed by atoms with Gasteiger partial charge in [0.25, 0.3) is 0 Å². The van der Waals surface area contributed by atoms with Crippen molar-refractivity contribution in [3.8, 4) is 11.5 Å². The molecular weight excluding hydrogens is 312 g/mol. The summed E-state index contributed by atoms with van der Waals surface area (Å²) >= 11 is 0. The molecule has 4 nitrogen and oxygen atoms in total. The molecule has 0 atom stereocenters. The quantitative estimate of drug-likeness (QED) is 0.522. The maximum absolute atomic E-state index is 5.77. The van der Waals surface area contributed by atoms with Crippen LogP contribution in [0.15, 0.2) is 48.5 Å². The third-order valence-corrected chi connectivity index (χ3v) is 3.95. The van der Waals surface area contributed by atoms with Crippen LogP contribution in [0.5, 0.6) is 11.5 Å². The molecule has 2 N–H and O–H groups in total. The average molecular weight is 342 g/mol. The zero-order chi connectivity index (χ0) is 17.7. The fourth-order valence-electron chi connectivity index (χ4n) is 2.53. The van der Waals surface area contributed by atoms with Crippen LogP contribution in [-0.2, 0) is 0 Å². The van der Waals surface area contributed by atoms with Gasteiger partial charge in [0.2, 0.25) is 0 Å². The highest BCUT2D eigenvalue weighted by atomic mass is 16.5. The van der Waals surface area contributed by atoms with Gasteiger partial charge in [0.05, 0.1) is 13.2 Å². The summed E-state index contributed by atoms with van der Waals surface area (Å²) in [7, 11) is 1.91. The van der Waals surface area contributed by atoms with Gasteiger partial charge >= 0.3 is 0 Å². The first-order valence-corrected chi connectivity index (χ1v) is 9.19. The third kappa shape index (κ3) is 7.38. The summed E-state index contributed by atoms with van der Waals surface area (Å²) in [5.74, 6) is 1.87. The second-order valence-corrected chi connectivity index (χ2v) is 5.94. The van der Waals surface area contributed by atoms with Gasteiger partial charge in [-0.05, 0) is 81.1 Å². The van der Waals surface area contributed by atoms with Crippen molar-refractivity contribution in [3.63, 3.8) is 0 Å². The van der Waals surface area contributed by atoms with E-state index in [4.69, 9.17) is 9.47 Å². The monoisotopic (exact) mass is 342 g/mol. The van der Waals surface area contributed by atoms with Crippen LogP contribution in [-0.4, -0.2) is 26.8 Å². The highest BCUT2D eigenvalue weighted by Crippen LogP contribution is 2.17. The summed E-state index contributed by atoms with van der Waals surface area (Å²) in [4.78, 5) is 0. The van der Waals surface area contributed by atoms with Crippen LogP contribution in [0.25, 0.3) is 0 Å². The molecule has 136 valence electrons. The number of anilines is 2. The third-order valence-electron chi connectivity index (χ3n) is 3.95. The molecule has 0 saturated carbocycles. The summed E-state index contributed by atoms with van der Waals surface area (Å²) in [6, 6.07) is 16.2. The van der Waals surface area contributed by atoms with Gasteiger partial charge in [-0.25, -0.2) is 0 Å². The van der Waals surface area contributed by atoms with Gasteiger partial charge in [-0.3, -0.25) is 0 Å². The molecule has 0 unspecified atom stereocenters. The lowest BCUT2D eigenvalue weighted by Crippen LogP contribution is -2.00. The lowest BCUT2D eigenvalue weighted by atomic mass is 10.2. The molecule has 2 aromatic carbocycles. The van der Waals surface area contributed by atoms with Crippen LogP contribution in [0.4, 0.5) is 11.4 Å². The van der Waals surface area contributed by atoms with Crippen molar-refractivity contribution in [3.05, 3.63) is 48.5 Å². The number of hydrogen-bond donors (Lipinski definition) is 2. The van der Waals surface area contributed by atoms with Gasteiger partial charge in [-0.2, -0.15) is 0 Å². The van der Waals surface area contributed by atoms with Crippen LogP contribution in [0.2, 0.25) is 0 Å². The van der Waals surface area contributed by atoms with Crippen LogP contribution in [0.1, 0.15) is 32.6 Å². The highest BCUT2D eigenvalue weighted by molar-refractivity contribution is 5.46. The molecule has 0 amide bonds. The Balaban J connectivity index is 1.49. The molecule has 2 aromatic rings. The molecule has 0 aliphatic carbocycles. The topological polar surface area (TPSA) is 42.5 Å². The van der Waals surface area contributed by atoms with Crippen LogP contribution in [0.3, 0.4) is 0 Å². The number of rotatable bonds is 12. The predicted octanol–water partition coefficient (Wildman–Crippen LogP) is 5.18. The molecule has 0 bridgehead atoms. The van der Waals surface area contributed by atoms with Gasteiger partial charge in [-0.15, -0.1) is 0 Å². The van der Waals surface area contributed by atoms with Crippen LogP contribution < -0.4 is 20.1 Å². The maximum atomic E-state index is 5.77. The van der Waals surface area contributed by atoms with E-state index in [2.05, 4.69) is 29.7 Å². The largest absolute Gasteiger partial charge is 0.494 e. The van der Waals surface area contributed by atoms with Gasteiger partial charge in [0, 0.05) is 25.0 Å². The van der Waals surface area contributed by atoms with E-state index in [9.17, 15) is 0 Å². The van der Waals surface area contributed by atoms with E-state index >= 15 is 0 Å². The van der Waals surface area contributed by atoms with E-state index in [0.29, 0.717) is 0 Å². The van der Waals surface area contributed by atoms with Gasteiger partial charge < -0.3 is 20.1 Å². The van der Waals surface area contributed by atoms with Crippen molar-refractivity contribution in [2.45, 2.75) is 32.6 Å². The van der Waals surface area contributed by atoms with Crippen molar-refractivity contribution in [1.82, 2.24) is 0 Å². The van der Waals surface area contributed by atoms with Crippen molar-refractivity contribution < 1.29 is 9.47 Å². The summed E-state index contributed by atoms with van der Waals surface area (Å²) in [5, 5.41) is 6.38. The number of hydrogen-bond acceptors (Lipinski definition) is 4. The molecule has 0 spiro atoms. The SMILES string of the molecule is CCNc1ccc(OCCCCCCOc2ccc(NC)cc2)cc1. The lowest BCUT2D eigenvalue weighted by Gasteiger charge is -2.09. The molecule has 0 aliphatic heterocycles. The molecule has 0 aliphatic rings. The number of benzene rings is 2. The fraction of sp³-hybridized carbons (Fsp3) is 0.429. The first-order valence-electron chi connectivity index (χ1n) is 9.19. The minimum absolute atomic E-state index is 0.769. The Labute approximate surface area is 151 Å². The standard InChI is InChI=1S/C21H30N2O2/c1-3-23-19-10-14-21(15-11-19)25-17-7-5-4-6-16-24-20-12-8-18(22-2)9-13-20/h8-15,22-23H,3-7,16-17H2,1-2H3. The molecule has 2 rings (SSSR count). The first kappa shape index (κ1) is 19.0. The normalized spacial score (nSPS) is 10.3. The number of unbranched alkanes of at least 4 members (excludes halogenated alkanes) is 3. The zero-order valence-corrected chi connectivity index (χ0v) is 15.4. The fourth-order valence-corrected chi connectivity index (χ4v) is 2.53. The summed E-state index contributed by atoms with van der Waals surface area (Å²) in [5.41, 5.74) is 2.24. The van der Waals surface area contributed by atoms with Crippen molar-refractivity contribution in [2.75, 3.05) is 37.4 Å². The summed E-state index contributed by atoms with van der Waals surface area (Å²) < 4.78 is 11.5. The van der Waals surface area contributed by atoms with Gasteiger partial charge in [-0.1, -0.05) is 0 Å². The van der Waals surface area contributed by atoms with Crippen molar-refractivity contribution in [1.29, 1.82) is 0 Å². The van der Waals surface area contributed by atoms with E-state index in [-0.39, 0.29) is 0 Å². The summed E-state index contributed by atoms with van der Waals surface area (Å²) in [6.45, 7) is 4.57. The molecular formula is C21H30N2O2. The van der Waals surface area contributed by atoms with Crippen molar-refractivity contribution in [2.24, 2.45) is 0 Å². The second kappa shape index (κ2) is 11.2. The van der Waals surface area contributed by atoms with E-state index in [1.807, 2.05) is 43.4 Å². The van der Waals surface area contributed by atoms with Crippen LogP contribution in [0, 0.1) is 0 Å². The van der Waals surface area contributed by atoms with E-state index < -0.39 is 0 Å². The molecule has 25 heavy (non-hydrogen) atoms. The Morgan fingerprint density at radius 1 is 0.680 bits per heavy atom. The minimum atomic E-state index is 0.769.